The smallest absolute Gasteiger partial charge is 0.138 e. The largest absolute Gasteiger partial charge is 0.389 e. The summed E-state index contributed by atoms with van der Waals surface area (Å²) < 4.78 is 0. The van der Waals surface area contributed by atoms with Gasteiger partial charge < -0.3 is 14.9 Å². The van der Waals surface area contributed by atoms with Crippen LogP contribution in [-0.4, -0.2) is 30.2 Å². The maximum Gasteiger partial charge on any atom is 0.138 e. The number of fused-ring (bicyclic) bond motifs is 1. The molecule has 0 fully saturated rings. The molecule has 0 saturated heterocycles. The van der Waals surface area contributed by atoms with Crippen LogP contribution >= 0.6 is 0 Å². The average Bonchev–Trinajstić information content (AvgIpc) is 2.48. The molecular formula is C16H19N3O. The monoisotopic (exact) mass is 269 g/mol. The van der Waals surface area contributed by atoms with E-state index in [4.69, 9.17) is 0 Å². The minimum absolute atomic E-state index is 0.523. The molecule has 20 heavy (non-hydrogen) atoms. The van der Waals surface area contributed by atoms with Gasteiger partial charge in [-0.3, -0.25) is 0 Å². The predicted molar refractivity (Wildman–Crippen MR) is 81.6 cm³/mol. The number of benzene rings is 1. The Morgan fingerprint density at radius 2 is 1.85 bits per heavy atom. The van der Waals surface area contributed by atoms with Gasteiger partial charge >= 0.3 is 0 Å². The number of likely N-dealkylation sites (N-methyl/N-ethyl adjacent to an activating group) is 1. The molecule has 1 aromatic heterocycles. The van der Waals surface area contributed by atoms with Gasteiger partial charge in [0.25, 0.3) is 0 Å². The summed E-state index contributed by atoms with van der Waals surface area (Å²) in [6.45, 7) is 3.58. The van der Waals surface area contributed by atoms with Crippen LogP contribution in [0.4, 0.5) is 17.2 Å². The number of aromatic nitrogens is 1. The van der Waals surface area contributed by atoms with E-state index in [1.54, 1.807) is 13.1 Å². The summed E-state index contributed by atoms with van der Waals surface area (Å²) in [6, 6.07) is 12.1. The Labute approximate surface area is 119 Å². The van der Waals surface area contributed by atoms with Crippen molar-refractivity contribution in [1.29, 1.82) is 0 Å². The maximum absolute atomic E-state index is 9.96. The van der Waals surface area contributed by atoms with E-state index in [0.717, 1.165) is 30.2 Å². The molecule has 0 bridgehead atoms. The average molecular weight is 269 g/mol. The second kappa shape index (κ2) is 5.13. The Morgan fingerprint density at radius 1 is 1.10 bits per heavy atom. The first-order chi connectivity index (χ1) is 9.68. The van der Waals surface area contributed by atoms with Gasteiger partial charge in [0.2, 0.25) is 0 Å². The number of pyridine rings is 1. The Morgan fingerprint density at radius 3 is 2.60 bits per heavy atom. The number of para-hydroxylation sites is 2. The van der Waals surface area contributed by atoms with Gasteiger partial charge in [0, 0.05) is 31.9 Å². The number of nitrogens with zero attached hydrogens (tertiary/aromatic N) is 3. The summed E-state index contributed by atoms with van der Waals surface area (Å²) in [7, 11) is 2.10. The third-order valence-corrected chi connectivity index (χ3v) is 3.77. The summed E-state index contributed by atoms with van der Waals surface area (Å²) in [4.78, 5) is 8.93. The lowest BCUT2D eigenvalue weighted by molar-refractivity contribution is 0.199. The zero-order valence-corrected chi connectivity index (χ0v) is 11.8. The van der Waals surface area contributed by atoms with Crippen molar-refractivity contribution < 1.29 is 5.11 Å². The molecule has 0 unspecified atom stereocenters. The van der Waals surface area contributed by atoms with E-state index in [1.807, 2.05) is 24.3 Å². The fraction of sp³-hybridized carbons (Fsp3) is 0.312. The summed E-state index contributed by atoms with van der Waals surface area (Å²) in [5.41, 5.74) is 3.20. The second-order valence-corrected chi connectivity index (χ2v) is 5.15. The molecule has 1 N–H and O–H groups in total. The quantitative estimate of drug-likeness (QED) is 0.910. The van der Waals surface area contributed by atoms with Gasteiger partial charge in [-0.15, -0.1) is 0 Å². The fourth-order valence-electron chi connectivity index (χ4n) is 2.69. The molecule has 3 rings (SSSR count). The Balaban J connectivity index is 2.11. The van der Waals surface area contributed by atoms with Crippen molar-refractivity contribution in [1.82, 2.24) is 4.98 Å². The van der Waals surface area contributed by atoms with E-state index in [1.165, 1.54) is 5.69 Å². The van der Waals surface area contributed by atoms with Crippen molar-refractivity contribution in [2.24, 2.45) is 0 Å². The number of rotatable bonds is 2. The highest BCUT2D eigenvalue weighted by Gasteiger charge is 2.24. The van der Waals surface area contributed by atoms with Gasteiger partial charge in [0.1, 0.15) is 5.82 Å². The van der Waals surface area contributed by atoms with Gasteiger partial charge in [-0.1, -0.05) is 18.2 Å². The fourth-order valence-corrected chi connectivity index (χ4v) is 2.69. The zero-order valence-electron chi connectivity index (χ0n) is 11.8. The van der Waals surface area contributed by atoms with E-state index < -0.39 is 6.10 Å². The molecule has 4 heteroatoms. The molecule has 0 saturated carbocycles. The summed E-state index contributed by atoms with van der Waals surface area (Å²) in [5, 5.41) is 9.96. The molecule has 2 heterocycles. The molecule has 104 valence electrons. The number of hydrogen-bond donors (Lipinski definition) is 1. The molecule has 0 aliphatic carbocycles. The van der Waals surface area contributed by atoms with Crippen LogP contribution in [-0.2, 0) is 0 Å². The predicted octanol–water partition coefficient (Wildman–Crippen LogP) is 2.72. The molecule has 1 aromatic carbocycles. The third-order valence-electron chi connectivity index (χ3n) is 3.77. The molecule has 0 spiro atoms. The van der Waals surface area contributed by atoms with Crippen LogP contribution in [0.15, 0.2) is 42.6 Å². The van der Waals surface area contributed by atoms with Crippen molar-refractivity contribution in [3.05, 3.63) is 48.2 Å². The van der Waals surface area contributed by atoms with Gasteiger partial charge in [-0.2, -0.15) is 0 Å². The first kappa shape index (κ1) is 12.9. The van der Waals surface area contributed by atoms with Crippen LogP contribution in [0.25, 0.3) is 0 Å². The summed E-state index contributed by atoms with van der Waals surface area (Å²) >= 11 is 0. The van der Waals surface area contributed by atoms with Crippen LogP contribution in [0, 0.1) is 0 Å². The minimum Gasteiger partial charge on any atom is -0.389 e. The van der Waals surface area contributed by atoms with Gasteiger partial charge in [-0.05, 0) is 25.1 Å². The second-order valence-electron chi connectivity index (χ2n) is 5.15. The molecular weight excluding hydrogens is 250 g/mol. The van der Waals surface area contributed by atoms with E-state index in [-0.39, 0.29) is 0 Å². The highest BCUT2D eigenvalue weighted by Crippen LogP contribution is 2.38. The zero-order chi connectivity index (χ0) is 14.1. The number of aliphatic hydroxyl groups excluding tert-OH is 1. The molecule has 1 atom stereocenters. The van der Waals surface area contributed by atoms with Crippen LogP contribution in [0.2, 0.25) is 0 Å². The van der Waals surface area contributed by atoms with Crippen molar-refractivity contribution in [2.45, 2.75) is 13.0 Å². The SMILES string of the molecule is C[C@H](O)c1cccnc1N1CCN(C)c2ccccc21. The van der Waals surface area contributed by atoms with Crippen molar-refractivity contribution in [3.63, 3.8) is 0 Å². The molecule has 1 aliphatic heterocycles. The minimum atomic E-state index is -0.523. The lowest BCUT2D eigenvalue weighted by Crippen LogP contribution is -2.37. The Bertz CT molecular complexity index is 612. The molecule has 4 nitrogen and oxygen atoms in total. The summed E-state index contributed by atoms with van der Waals surface area (Å²) in [6.07, 6.45) is 1.26. The number of aliphatic hydroxyl groups is 1. The highest BCUT2D eigenvalue weighted by molar-refractivity contribution is 5.79. The van der Waals surface area contributed by atoms with Crippen LogP contribution in [0.1, 0.15) is 18.6 Å². The van der Waals surface area contributed by atoms with Crippen LogP contribution in [0.5, 0.6) is 0 Å². The first-order valence-corrected chi connectivity index (χ1v) is 6.89. The molecule has 2 aromatic rings. The van der Waals surface area contributed by atoms with Gasteiger partial charge in [0.15, 0.2) is 0 Å². The molecule has 0 radical (unpaired) electrons. The molecule has 0 amide bonds. The Kier molecular flexibility index (Phi) is 3.32. The van der Waals surface area contributed by atoms with Gasteiger partial charge in [0.05, 0.1) is 17.5 Å². The number of hydrogen-bond acceptors (Lipinski definition) is 4. The first-order valence-electron chi connectivity index (χ1n) is 6.89. The van der Waals surface area contributed by atoms with Gasteiger partial charge in [-0.25, -0.2) is 4.98 Å². The topological polar surface area (TPSA) is 39.6 Å². The van der Waals surface area contributed by atoms with E-state index in [9.17, 15) is 5.11 Å². The highest BCUT2D eigenvalue weighted by atomic mass is 16.3. The van der Waals surface area contributed by atoms with E-state index in [0.29, 0.717) is 0 Å². The van der Waals surface area contributed by atoms with Crippen LogP contribution in [0.3, 0.4) is 0 Å². The Hall–Kier alpha value is -2.07. The van der Waals surface area contributed by atoms with Crippen LogP contribution < -0.4 is 9.80 Å². The standard InChI is InChI=1S/C16H19N3O/c1-12(20)13-6-5-9-17-16(13)19-11-10-18(2)14-7-3-4-8-15(14)19/h3-9,12,20H,10-11H2,1-2H3/t12-/m0/s1. The molecule has 1 aliphatic rings. The third kappa shape index (κ3) is 2.12. The van der Waals surface area contributed by atoms with E-state index in [2.05, 4.69) is 34.0 Å². The number of anilines is 3. The van der Waals surface area contributed by atoms with Crippen molar-refractivity contribution in [2.75, 3.05) is 29.9 Å². The normalized spacial score (nSPS) is 15.9. The lowest BCUT2D eigenvalue weighted by atomic mass is 10.1. The van der Waals surface area contributed by atoms with Crippen molar-refractivity contribution >= 4 is 17.2 Å². The summed E-state index contributed by atoms with van der Waals surface area (Å²) in [5.74, 6) is 0.850. The lowest BCUT2D eigenvalue weighted by Gasteiger charge is -2.37. The maximum atomic E-state index is 9.96. The van der Waals surface area contributed by atoms with Crippen molar-refractivity contribution in [3.8, 4) is 0 Å². The van der Waals surface area contributed by atoms with E-state index >= 15 is 0 Å².